The van der Waals surface area contributed by atoms with Gasteiger partial charge in [0.2, 0.25) is 0 Å². The van der Waals surface area contributed by atoms with Gasteiger partial charge < -0.3 is 14.8 Å². The number of rotatable bonds is 6. The lowest BCUT2D eigenvalue weighted by molar-refractivity contribution is 0.0682. The normalized spacial score (nSPS) is 17.2. The summed E-state index contributed by atoms with van der Waals surface area (Å²) in [6, 6.07) is 6.27. The van der Waals surface area contributed by atoms with E-state index in [1.807, 2.05) is 18.7 Å². The first-order valence-corrected chi connectivity index (χ1v) is 8.62. The molecule has 0 aliphatic carbocycles. The molecular weight excluding hydrogens is 302 g/mol. The van der Waals surface area contributed by atoms with E-state index >= 15 is 0 Å². The van der Waals surface area contributed by atoms with Gasteiger partial charge in [-0.05, 0) is 51.3 Å². The first-order valence-electron chi connectivity index (χ1n) is 8.62. The summed E-state index contributed by atoms with van der Waals surface area (Å²) in [5.41, 5.74) is 5.70. The number of aryl methyl sites for hydroxylation is 3. The lowest BCUT2D eigenvalue weighted by Gasteiger charge is -2.16. The predicted octanol–water partition coefficient (Wildman–Crippen LogP) is 3.52. The lowest BCUT2D eigenvalue weighted by atomic mass is 10.1. The van der Waals surface area contributed by atoms with E-state index in [1.54, 1.807) is 0 Å². The fraction of sp³-hybridized carbons (Fsp3) is 0.526. The number of hydrogen-bond donors (Lipinski definition) is 1. The van der Waals surface area contributed by atoms with Crippen LogP contribution in [-0.4, -0.2) is 29.1 Å². The van der Waals surface area contributed by atoms with Crippen molar-refractivity contribution < 1.29 is 9.47 Å². The molecule has 1 atom stereocenters. The van der Waals surface area contributed by atoms with Crippen molar-refractivity contribution >= 4 is 5.69 Å². The molecule has 1 aliphatic rings. The largest absolute Gasteiger partial charge is 0.489 e. The third-order valence-corrected chi connectivity index (χ3v) is 4.70. The van der Waals surface area contributed by atoms with Crippen LogP contribution in [0, 0.1) is 20.8 Å². The minimum Gasteiger partial charge on any atom is -0.489 e. The van der Waals surface area contributed by atoms with Gasteiger partial charge in [0.15, 0.2) is 0 Å². The maximum absolute atomic E-state index is 6.05. The Hall–Kier alpha value is -2.01. The van der Waals surface area contributed by atoms with E-state index in [4.69, 9.17) is 9.47 Å². The molecule has 1 aliphatic heterocycles. The van der Waals surface area contributed by atoms with Gasteiger partial charge in [0.05, 0.1) is 17.5 Å². The molecule has 3 rings (SSSR count). The average molecular weight is 329 g/mol. The highest BCUT2D eigenvalue weighted by Gasteiger charge is 2.17. The molecule has 1 N–H and O–H groups in total. The van der Waals surface area contributed by atoms with Crippen LogP contribution in [0.3, 0.4) is 0 Å². The van der Waals surface area contributed by atoms with Crippen LogP contribution in [-0.2, 0) is 18.3 Å². The average Bonchev–Trinajstić information content (AvgIpc) is 3.15. The van der Waals surface area contributed by atoms with Crippen LogP contribution in [0.1, 0.15) is 35.4 Å². The van der Waals surface area contributed by atoms with Gasteiger partial charge in [-0.15, -0.1) is 0 Å². The Morgan fingerprint density at radius 1 is 1.33 bits per heavy atom. The van der Waals surface area contributed by atoms with Gasteiger partial charge in [-0.25, -0.2) is 0 Å². The van der Waals surface area contributed by atoms with Gasteiger partial charge in [0.1, 0.15) is 12.4 Å². The number of ether oxygens (including phenoxy) is 2. The van der Waals surface area contributed by atoms with Crippen molar-refractivity contribution in [3.05, 3.63) is 40.7 Å². The molecule has 0 bridgehead atoms. The van der Waals surface area contributed by atoms with Crippen molar-refractivity contribution in [2.75, 3.05) is 18.5 Å². The maximum atomic E-state index is 6.05. The van der Waals surface area contributed by atoms with Crippen LogP contribution in [0.15, 0.2) is 18.2 Å². The van der Waals surface area contributed by atoms with Gasteiger partial charge in [0, 0.05) is 31.5 Å². The molecule has 1 aromatic carbocycles. The van der Waals surface area contributed by atoms with Gasteiger partial charge >= 0.3 is 0 Å². The molecular formula is C19H27N3O2. The van der Waals surface area contributed by atoms with E-state index in [0.717, 1.165) is 43.1 Å². The zero-order valence-corrected chi connectivity index (χ0v) is 15.1. The molecule has 5 nitrogen and oxygen atoms in total. The Kier molecular flexibility index (Phi) is 5.09. The van der Waals surface area contributed by atoms with Crippen molar-refractivity contribution in [3.8, 4) is 5.75 Å². The molecule has 0 spiro atoms. The molecule has 1 saturated heterocycles. The molecule has 2 heterocycles. The number of aromatic nitrogens is 2. The quantitative estimate of drug-likeness (QED) is 0.881. The molecule has 24 heavy (non-hydrogen) atoms. The van der Waals surface area contributed by atoms with Gasteiger partial charge in [-0.1, -0.05) is 6.07 Å². The van der Waals surface area contributed by atoms with E-state index in [2.05, 4.69) is 42.5 Å². The summed E-state index contributed by atoms with van der Waals surface area (Å²) in [5.74, 6) is 0.893. The van der Waals surface area contributed by atoms with E-state index in [1.165, 1.54) is 16.8 Å². The van der Waals surface area contributed by atoms with E-state index in [9.17, 15) is 0 Å². The third kappa shape index (κ3) is 3.73. The lowest BCUT2D eigenvalue weighted by Crippen LogP contribution is -2.17. The van der Waals surface area contributed by atoms with E-state index < -0.39 is 0 Å². The Labute approximate surface area is 144 Å². The minimum absolute atomic E-state index is 0.223. The Balaban J connectivity index is 1.70. The first kappa shape index (κ1) is 16.8. The fourth-order valence-corrected chi connectivity index (χ4v) is 3.11. The van der Waals surface area contributed by atoms with Crippen molar-refractivity contribution in [2.45, 2.75) is 46.3 Å². The number of benzene rings is 1. The highest BCUT2D eigenvalue weighted by molar-refractivity contribution is 5.58. The second-order valence-corrected chi connectivity index (χ2v) is 6.57. The molecule has 1 fully saturated rings. The standard InChI is InChI=1S/C19H27N3O2/c1-13-7-8-18(19(10-13)24-12-16-6-5-9-23-16)20-11-17-14(2)21-22(4)15(17)3/h7-8,10,16,20H,5-6,9,11-12H2,1-4H3. The first-order chi connectivity index (χ1) is 11.5. The van der Waals surface area contributed by atoms with Crippen LogP contribution in [0.2, 0.25) is 0 Å². The summed E-state index contributed by atoms with van der Waals surface area (Å²) in [6.45, 7) is 8.44. The summed E-state index contributed by atoms with van der Waals surface area (Å²) in [4.78, 5) is 0. The Morgan fingerprint density at radius 2 is 2.17 bits per heavy atom. The second kappa shape index (κ2) is 7.26. The molecule has 2 aromatic rings. The monoisotopic (exact) mass is 329 g/mol. The summed E-state index contributed by atoms with van der Waals surface area (Å²) in [5, 5.41) is 7.98. The number of hydrogen-bond acceptors (Lipinski definition) is 4. The molecule has 1 unspecified atom stereocenters. The van der Waals surface area contributed by atoms with E-state index in [0.29, 0.717) is 6.61 Å². The summed E-state index contributed by atoms with van der Waals surface area (Å²) in [7, 11) is 1.98. The molecule has 0 radical (unpaired) electrons. The number of nitrogens with zero attached hydrogens (tertiary/aromatic N) is 2. The topological polar surface area (TPSA) is 48.3 Å². The number of anilines is 1. The van der Waals surface area contributed by atoms with Crippen LogP contribution in [0.25, 0.3) is 0 Å². The van der Waals surface area contributed by atoms with Crippen molar-refractivity contribution in [3.63, 3.8) is 0 Å². The molecule has 0 saturated carbocycles. The Morgan fingerprint density at radius 3 is 2.83 bits per heavy atom. The van der Waals surface area contributed by atoms with Gasteiger partial charge in [-0.3, -0.25) is 4.68 Å². The second-order valence-electron chi connectivity index (χ2n) is 6.57. The van der Waals surface area contributed by atoms with Crippen LogP contribution < -0.4 is 10.1 Å². The van der Waals surface area contributed by atoms with Crippen molar-refractivity contribution in [1.82, 2.24) is 9.78 Å². The van der Waals surface area contributed by atoms with Crippen molar-refractivity contribution in [2.24, 2.45) is 7.05 Å². The molecule has 0 amide bonds. The smallest absolute Gasteiger partial charge is 0.142 e. The van der Waals surface area contributed by atoms with Gasteiger partial charge in [-0.2, -0.15) is 5.10 Å². The van der Waals surface area contributed by atoms with Crippen molar-refractivity contribution in [1.29, 1.82) is 0 Å². The van der Waals surface area contributed by atoms with Crippen LogP contribution in [0.4, 0.5) is 5.69 Å². The third-order valence-electron chi connectivity index (χ3n) is 4.70. The zero-order chi connectivity index (χ0) is 17.1. The van der Waals surface area contributed by atoms with Gasteiger partial charge in [0.25, 0.3) is 0 Å². The van der Waals surface area contributed by atoms with Crippen LogP contribution in [0.5, 0.6) is 5.75 Å². The summed E-state index contributed by atoms with van der Waals surface area (Å²) >= 11 is 0. The Bertz CT molecular complexity index is 703. The highest BCUT2D eigenvalue weighted by atomic mass is 16.5. The molecule has 5 heteroatoms. The summed E-state index contributed by atoms with van der Waals surface area (Å²) < 4.78 is 13.6. The molecule has 130 valence electrons. The SMILES string of the molecule is Cc1ccc(NCc2c(C)nn(C)c2C)c(OCC2CCCO2)c1. The van der Waals surface area contributed by atoms with Crippen LogP contribution >= 0.6 is 0 Å². The maximum Gasteiger partial charge on any atom is 0.142 e. The number of nitrogens with one attached hydrogen (secondary N) is 1. The zero-order valence-electron chi connectivity index (χ0n) is 15.1. The summed E-state index contributed by atoms with van der Waals surface area (Å²) in [6.07, 6.45) is 2.44. The predicted molar refractivity (Wildman–Crippen MR) is 95.7 cm³/mol. The minimum atomic E-state index is 0.223. The fourth-order valence-electron chi connectivity index (χ4n) is 3.11. The van der Waals surface area contributed by atoms with E-state index in [-0.39, 0.29) is 6.10 Å². The highest BCUT2D eigenvalue weighted by Crippen LogP contribution is 2.28. The molecule has 1 aromatic heterocycles.